The fourth-order valence-corrected chi connectivity index (χ4v) is 1.30. The molecule has 0 fully saturated rings. The minimum Gasteiger partial charge on any atom is -0.497 e. The summed E-state index contributed by atoms with van der Waals surface area (Å²) in [5.41, 5.74) is 1.47. The van der Waals surface area contributed by atoms with Gasteiger partial charge in [-0.2, -0.15) is 0 Å². The molecular formula is C16H20N2O4. The fourth-order valence-electron chi connectivity index (χ4n) is 1.30. The first-order valence-corrected chi connectivity index (χ1v) is 6.45. The van der Waals surface area contributed by atoms with Crippen LogP contribution in [0.25, 0.3) is 0 Å². The van der Waals surface area contributed by atoms with Crippen molar-refractivity contribution in [1.82, 2.24) is 0 Å². The zero-order valence-corrected chi connectivity index (χ0v) is 12.7. The Balaban J connectivity index is 0.000000406. The van der Waals surface area contributed by atoms with Gasteiger partial charge in [-0.15, -0.1) is 0 Å². The van der Waals surface area contributed by atoms with Crippen LogP contribution in [-0.4, -0.2) is 31.9 Å². The monoisotopic (exact) mass is 304 g/mol. The van der Waals surface area contributed by atoms with E-state index in [1.807, 2.05) is 31.3 Å². The molecule has 0 aliphatic heterocycles. The quantitative estimate of drug-likeness (QED) is 0.275. The highest BCUT2D eigenvalue weighted by molar-refractivity contribution is 5.77. The molecule has 0 amide bonds. The molecule has 0 aromatic heterocycles. The highest BCUT2D eigenvalue weighted by Gasteiger charge is 1.90. The van der Waals surface area contributed by atoms with Crippen molar-refractivity contribution in [2.24, 2.45) is 0 Å². The molecule has 1 aromatic rings. The van der Waals surface area contributed by atoms with Gasteiger partial charge in [0.1, 0.15) is 12.0 Å². The maximum Gasteiger partial charge on any atom is 0.222 e. The second kappa shape index (κ2) is 11.9. The van der Waals surface area contributed by atoms with Gasteiger partial charge >= 0.3 is 0 Å². The zero-order valence-electron chi connectivity index (χ0n) is 12.7. The summed E-state index contributed by atoms with van der Waals surface area (Å²) in [6.45, 7) is 3.11. The normalized spacial score (nSPS) is 10.4. The van der Waals surface area contributed by atoms with Gasteiger partial charge in [0.05, 0.1) is 7.11 Å². The minimum absolute atomic E-state index is 0.275. The Morgan fingerprint density at radius 3 is 2.45 bits per heavy atom. The standard InChI is InChI=1S/C8H9NO3.C8H11NO/c1-2-4-8(7-10)5-3-6-9(11)12;1-9-7-3-5-8(10-2)6-4-7/h2-5,7H,1,6H2;3-6,9H,1-2H3/b5-3-,8-4+;. The van der Waals surface area contributed by atoms with Gasteiger partial charge in [-0.25, -0.2) is 0 Å². The molecule has 0 bridgehead atoms. The highest BCUT2D eigenvalue weighted by Crippen LogP contribution is 2.13. The molecule has 0 aliphatic rings. The number of benzene rings is 1. The van der Waals surface area contributed by atoms with Gasteiger partial charge in [0.15, 0.2) is 0 Å². The lowest BCUT2D eigenvalue weighted by Crippen LogP contribution is -1.95. The van der Waals surface area contributed by atoms with Crippen molar-refractivity contribution in [2.45, 2.75) is 0 Å². The number of aldehydes is 1. The van der Waals surface area contributed by atoms with Gasteiger partial charge in [-0.3, -0.25) is 14.9 Å². The van der Waals surface area contributed by atoms with E-state index in [4.69, 9.17) is 4.74 Å². The number of methoxy groups -OCH3 is 1. The molecule has 0 unspecified atom stereocenters. The van der Waals surface area contributed by atoms with Crippen LogP contribution >= 0.6 is 0 Å². The zero-order chi connectivity index (χ0) is 16.8. The second-order valence-corrected chi connectivity index (χ2v) is 3.92. The fraction of sp³-hybridized carbons (Fsp3) is 0.188. The maximum atomic E-state index is 10.2. The van der Waals surface area contributed by atoms with Gasteiger partial charge in [-0.05, 0) is 36.4 Å². The van der Waals surface area contributed by atoms with E-state index in [9.17, 15) is 14.9 Å². The largest absolute Gasteiger partial charge is 0.497 e. The Kier molecular flexibility index (Phi) is 10.3. The number of rotatable bonds is 7. The number of hydrogen-bond acceptors (Lipinski definition) is 5. The van der Waals surface area contributed by atoms with Crippen molar-refractivity contribution in [3.05, 3.63) is 70.8 Å². The molecule has 1 N–H and O–H groups in total. The van der Waals surface area contributed by atoms with Crippen LogP contribution in [0, 0.1) is 10.1 Å². The summed E-state index contributed by atoms with van der Waals surface area (Å²) < 4.78 is 4.99. The number of hydrogen-bond donors (Lipinski definition) is 1. The Labute approximate surface area is 129 Å². The summed E-state index contributed by atoms with van der Waals surface area (Å²) in [5, 5.41) is 12.9. The van der Waals surface area contributed by atoms with E-state index in [0.717, 1.165) is 11.4 Å². The molecule has 0 saturated carbocycles. The number of allylic oxidation sites excluding steroid dienone is 4. The number of nitrogens with zero attached hydrogens (tertiary/aromatic N) is 1. The van der Waals surface area contributed by atoms with Crippen molar-refractivity contribution in [3.8, 4) is 5.75 Å². The van der Waals surface area contributed by atoms with E-state index < -0.39 is 4.92 Å². The summed E-state index contributed by atoms with van der Waals surface area (Å²) in [6, 6.07) is 7.79. The van der Waals surface area contributed by atoms with E-state index in [-0.39, 0.29) is 6.54 Å². The molecule has 6 nitrogen and oxygen atoms in total. The Morgan fingerprint density at radius 1 is 1.41 bits per heavy atom. The predicted octanol–water partition coefficient (Wildman–Crippen LogP) is 2.87. The van der Waals surface area contributed by atoms with Gasteiger partial charge in [0.25, 0.3) is 0 Å². The molecule has 0 aliphatic carbocycles. The van der Waals surface area contributed by atoms with E-state index in [0.29, 0.717) is 11.9 Å². The molecule has 6 heteroatoms. The molecule has 0 saturated heterocycles. The van der Waals surface area contributed by atoms with Crippen LogP contribution in [0.4, 0.5) is 5.69 Å². The lowest BCUT2D eigenvalue weighted by molar-refractivity contribution is -0.468. The van der Waals surface area contributed by atoms with Crippen molar-refractivity contribution in [3.63, 3.8) is 0 Å². The predicted molar refractivity (Wildman–Crippen MR) is 87.9 cm³/mol. The smallest absolute Gasteiger partial charge is 0.222 e. The summed E-state index contributed by atoms with van der Waals surface area (Å²) in [7, 11) is 3.55. The number of carbonyl (C=O) groups excluding carboxylic acids is 1. The molecule has 118 valence electrons. The first-order chi connectivity index (χ1) is 10.6. The SMILES string of the molecule is C=C/C=C(C=O)\C=C/C[N+](=O)[O-].CNc1ccc(OC)cc1. The first-order valence-electron chi connectivity index (χ1n) is 6.45. The lowest BCUT2D eigenvalue weighted by Gasteiger charge is -2.00. The number of nitro groups is 1. The van der Waals surface area contributed by atoms with Crippen LogP contribution < -0.4 is 10.1 Å². The number of carbonyl (C=O) groups is 1. The van der Waals surface area contributed by atoms with Gasteiger partial charge < -0.3 is 10.1 Å². The van der Waals surface area contributed by atoms with Crippen molar-refractivity contribution in [2.75, 3.05) is 26.0 Å². The summed E-state index contributed by atoms with van der Waals surface area (Å²) >= 11 is 0. The molecule has 1 rings (SSSR count). The van der Waals surface area contributed by atoms with Gasteiger partial charge in [0, 0.05) is 23.2 Å². The third-order valence-electron chi connectivity index (χ3n) is 2.39. The molecule has 0 atom stereocenters. The average molecular weight is 304 g/mol. The Morgan fingerprint density at radius 2 is 2.05 bits per heavy atom. The molecule has 1 aromatic carbocycles. The minimum atomic E-state index is -0.479. The van der Waals surface area contributed by atoms with Crippen LogP contribution in [-0.2, 0) is 4.79 Å². The van der Waals surface area contributed by atoms with E-state index >= 15 is 0 Å². The van der Waals surface area contributed by atoms with Crippen LogP contribution in [0.15, 0.2) is 60.7 Å². The van der Waals surface area contributed by atoms with Crippen LogP contribution in [0.2, 0.25) is 0 Å². The summed E-state index contributed by atoms with van der Waals surface area (Å²) in [6.07, 6.45) is 6.23. The van der Waals surface area contributed by atoms with Crippen LogP contribution in [0.1, 0.15) is 0 Å². The molecule has 0 spiro atoms. The van der Waals surface area contributed by atoms with Crippen molar-refractivity contribution in [1.29, 1.82) is 0 Å². The third kappa shape index (κ3) is 9.08. The summed E-state index contributed by atoms with van der Waals surface area (Å²) in [5.74, 6) is 0.888. The van der Waals surface area contributed by atoms with E-state index in [1.165, 1.54) is 24.3 Å². The molecule has 22 heavy (non-hydrogen) atoms. The number of ether oxygens (including phenoxy) is 1. The van der Waals surface area contributed by atoms with E-state index in [2.05, 4.69) is 11.9 Å². The van der Waals surface area contributed by atoms with Crippen LogP contribution in [0.3, 0.4) is 0 Å². The molecule has 0 radical (unpaired) electrons. The number of anilines is 1. The number of nitrogens with one attached hydrogen (secondary N) is 1. The molecular weight excluding hydrogens is 284 g/mol. The third-order valence-corrected chi connectivity index (χ3v) is 2.39. The Hall–Kier alpha value is -2.89. The van der Waals surface area contributed by atoms with Crippen molar-refractivity contribution >= 4 is 12.0 Å². The maximum absolute atomic E-state index is 10.2. The summed E-state index contributed by atoms with van der Waals surface area (Å²) in [4.78, 5) is 19.6. The molecule has 0 heterocycles. The second-order valence-electron chi connectivity index (χ2n) is 3.92. The Bertz CT molecular complexity index is 511. The highest BCUT2D eigenvalue weighted by atomic mass is 16.6. The lowest BCUT2D eigenvalue weighted by atomic mass is 10.2. The average Bonchev–Trinajstić information content (AvgIpc) is 2.54. The van der Waals surface area contributed by atoms with Gasteiger partial charge in [0.2, 0.25) is 6.54 Å². The first kappa shape index (κ1) is 19.1. The van der Waals surface area contributed by atoms with Crippen molar-refractivity contribution < 1.29 is 14.5 Å². The topological polar surface area (TPSA) is 81.5 Å². The van der Waals surface area contributed by atoms with Crippen LogP contribution in [0.5, 0.6) is 5.75 Å². The van der Waals surface area contributed by atoms with E-state index in [1.54, 1.807) is 7.11 Å². The van der Waals surface area contributed by atoms with Gasteiger partial charge in [-0.1, -0.05) is 18.7 Å².